The number of anilines is 1. The normalized spacial score (nSPS) is 10.8. The van der Waals surface area contributed by atoms with Crippen LogP contribution in [0.3, 0.4) is 0 Å². The van der Waals surface area contributed by atoms with E-state index in [2.05, 4.69) is 26.1 Å². The third-order valence-corrected chi connectivity index (χ3v) is 3.62. The quantitative estimate of drug-likeness (QED) is 0.894. The molecule has 124 valence electrons. The number of nitrogens with one attached hydrogen (secondary N) is 1. The van der Waals surface area contributed by atoms with Crippen molar-refractivity contribution < 1.29 is 9.53 Å². The zero-order valence-corrected chi connectivity index (χ0v) is 14.3. The van der Waals surface area contributed by atoms with Crippen LogP contribution in [0.25, 0.3) is 0 Å². The lowest BCUT2D eigenvalue weighted by atomic mass is 9.87. The van der Waals surface area contributed by atoms with Crippen molar-refractivity contribution >= 4 is 11.6 Å². The van der Waals surface area contributed by atoms with Crippen molar-refractivity contribution in [2.24, 2.45) is 0 Å². The van der Waals surface area contributed by atoms with Crippen molar-refractivity contribution in [3.8, 4) is 11.8 Å². The van der Waals surface area contributed by atoms with Crippen molar-refractivity contribution in [3.05, 3.63) is 59.7 Å². The summed E-state index contributed by atoms with van der Waals surface area (Å²) in [6, 6.07) is 16.8. The van der Waals surface area contributed by atoms with Gasteiger partial charge in [-0.15, -0.1) is 0 Å². The first-order valence-corrected chi connectivity index (χ1v) is 7.92. The van der Waals surface area contributed by atoms with E-state index in [1.165, 1.54) is 5.56 Å². The van der Waals surface area contributed by atoms with Gasteiger partial charge in [-0.1, -0.05) is 32.9 Å². The largest absolute Gasteiger partial charge is 0.493 e. The number of hydrogen-bond donors (Lipinski definition) is 1. The van der Waals surface area contributed by atoms with Crippen LogP contribution in [0.1, 0.15) is 38.3 Å². The molecule has 0 aliphatic rings. The van der Waals surface area contributed by atoms with Gasteiger partial charge in [-0.05, 0) is 47.4 Å². The van der Waals surface area contributed by atoms with Gasteiger partial charge in [-0.3, -0.25) is 4.79 Å². The lowest BCUT2D eigenvalue weighted by Crippen LogP contribution is -2.15. The van der Waals surface area contributed by atoms with Crippen molar-refractivity contribution in [3.63, 3.8) is 0 Å². The van der Waals surface area contributed by atoms with Crippen LogP contribution in [0.5, 0.6) is 5.75 Å². The molecule has 0 radical (unpaired) electrons. The molecule has 0 bridgehead atoms. The minimum Gasteiger partial charge on any atom is -0.493 e. The van der Waals surface area contributed by atoms with E-state index >= 15 is 0 Å². The molecule has 0 saturated carbocycles. The number of amides is 1. The van der Waals surface area contributed by atoms with E-state index in [0.29, 0.717) is 17.9 Å². The molecule has 0 saturated heterocycles. The fraction of sp³-hybridized carbons (Fsp3) is 0.300. The van der Waals surface area contributed by atoms with Crippen LogP contribution in [0, 0.1) is 11.3 Å². The first-order valence-electron chi connectivity index (χ1n) is 7.92. The van der Waals surface area contributed by atoms with Gasteiger partial charge >= 0.3 is 0 Å². The summed E-state index contributed by atoms with van der Waals surface area (Å²) in [4.78, 5) is 11.9. The lowest BCUT2D eigenvalue weighted by molar-refractivity contribution is -0.116. The Morgan fingerprint density at radius 1 is 1.08 bits per heavy atom. The summed E-state index contributed by atoms with van der Waals surface area (Å²) in [5, 5.41) is 11.5. The Kier molecular flexibility index (Phi) is 5.59. The molecule has 2 rings (SSSR count). The van der Waals surface area contributed by atoms with E-state index in [4.69, 9.17) is 10.00 Å². The van der Waals surface area contributed by atoms with Gasteiger partial charge in [0, 0.05) is 5.69 Å². The topological polar surface area (TPSA) is 62.1 Å². The summed E-state index contributed by atoms with van der Waals surface area (Å²) in [5.74, 6) is 0.639. The highest BCUT2D eigenvalue weighted by molar-refractivity contribution is 5.90. The number of carbonyl (C=O) groups excluding carboxylic acids is 1. The SMILES string of the molecule is CC(C)(C)c1ccc(OCCC(=O)Nc2ccc(C#N)cc2)cc1. The van der Waals surface area contributed by atoms with E-state index in [1.807, 2.05) is 30.3 Å². The summed E-state index contributed by atoms with van der Waals surface area (Å²) in [6.07, 6.45) is 0.265. The highest BCUT2D eigenvalue weighted by Gasteiger charge is 2.13. The van der Waals surface area contributed by atoms with E-state index in [9.17, 15) is 4.79 Å². The van der Waals surface area contributed by atoms with E-state index in [-0.39, 0.29) is 17.7 Å². The fourth-order valence-electron chi connectivity index (χ4n) is 2.16. The van der Waals surface area contributed by atoms with Gasteiger partial charge in [0.05, 0.1) is 24.7 Å². The molecule has 0 aliphatic heterocycles. The van der Waals surface area contributed by atoms with E-state index in [1.54, 1.807) is 24.3 Å². The monoisotopic (exact) mass is 322 g/mol. The van der Waals surface area contributed by atoms with Gasteiger partial charge in [-0.25, -0.2) is 0 Å². The molecule has 1 amide bonds. The molecule has 2 aromatic rings. The Hall–Kier alpha value is -2.80. The summed E-state index contributed by atoms with van der Waals surface area (Å²) in [6.45, 7) is 6.81. The van der Waals surface area contributed by atoms with Crippen LogP contribution in [0.4, 0.5) is 5.69 Å². The van der Waals surface area contributed by atoms with Crippen LogP contribution in [-0.2, 0) is 10.2 Å². The molecular formula is C20H22N2O2. The smallest absolute Gasteiger partial charge is 0.227 e. The fourth-order valence-corrected chi connectivity index (χ4v) is 2.16. The Balaban J connectivity index is 1.79. The molecular weight excluding hydrogens is 300 g/mol. The molecule has 24 heavy (non-hydrogen) atoms. The number of hydrogen-bond acceptors (Lipinski definition) is 3. The number of carbonyl (C=O) groups is 1. The van der Waals surface area contributed by atoms with E-state index < -0.39 is 0 Å². The Labute approximate surface area is 143 Å². The second-order valence-electron chi connectivity index (χ2n) is 6.61. The van der Waals surface area contributed by atoms with Gasteiger partial charge in [0.25, 0.3) is 0 Å². The molecule has 0 aliphatic carbocycles. The highest BCUT2D eigenvalue weighted by Crippen LogP contribution is 2.24. The second-order valence-corrected chi connectivity index (χ2v) is 6.61. The molecule has 1 N–H and O–H groups in total. The molecule has 0 heterocycles. The maximum atomic E-state index is 11.9. The molecule has 0 aromatic heterocycles. The van der Waals surface area contributed by atoms with Crippen molar-refractivity contribution in [2.45, 2.75) is 32.6 Å². The highest BCUT2D eigenvalue weighted by atomic mass is 16.5. The number of nitriles is 1. The van der Waals surface area contributed by atoms with E-state index in [0.717, 1.165) is 5.75 Å². The zero-order chi connectivity index (χ0) is 17.6. The van der Waals surface area contributed by atoms with Crippen LogP contribution in [0.2, 0.25) is 0 Å². The first-order chi connectivity index (χ1) is 11.4. The van der Waals surface area contributed by atoms with Gasteiger partial charge in [0.1, 0.15) is 5.75 Å². The summed E-state index contributed by atoms with van der Waals surface area (Å²) in [5.41, 5.74) is 2.59. The van der Waals surface area contributed by atoms with Crippen molar-refractivity contribution in [1.82, 2.24) is 0 Å². The predicted octanol–water partition coefficient (Wildman–Crippen LogP) is 4.26. The molecule has 0 spiro atoms. The van der Waals surface area contributed by atoms with Crippen LogP contribution >= 0.6 is 0 Å². The maximum Gasteiger partial charge on any atom is 0.227 e. The lowest BCUT2D eigenvalue weighted by Gasteiger charge is -2.19. The predicted molar refractivity (Wildman–Crippen MR) is 95.0 cm³/mol. The maximum absolute atomic E-state index is 11.9. The van der Waals surface area contributed by atoms with Crippen molar-refractivity contribution in [2.75, 3.05) is 11.9 Å². The van der Waals surface area contributed by atoms with Gasteiger partial charge < -0.3 is 10.1 Å². The summed E-state index contributed by atoms with van der Waals surface area (Å²) >= 11 is 0. The van der Waals surface area contributed by atoms with Gasteiger partial charge in [0.2, 0.25) is 5.91 Å². The van der Waals surface area contributed by atoms with Crippen molar-refractivity contribution in [1.29, 1.82) is 5.26 Å². The Bertz CT molecular complexity index is 720. The van der Waals surface area contributed by atoms with Crippen LogP contribution < -0.4 is 10.1 Å². The molecule has 0 unspecified atom stereocenters. The average molecular weight is 322 g/mol. The molecule has 2 aromatic carbocycles. The number of benzene rings is 2. The third kappa shape index (κ3) is 5.13. The molecule has 4 nitrogen and oxygen atoms in total. The van der Waals surface area contributed by atoms with Gasteiger partial charge in [0.15, 0.2) is 0 Å². The molecule has 0 fully saturated rings. The summed E-state index contributed by atoms with van der Waals surface area (Å²) in [7, 11) is 0. The Morgan fingerprint density at radius 2 is 1.71 bits per heavy atom. The van der Waals surface area contributed by atoms with Crippen LogP contribution in [0.15, 0.2) is 48.5 Å². The zero-order valence-electron chi connectivity index (χ0n) is 14.3. The number of nitrogens with zero attached hydrogens (tertiary/aromatic N) is 1. The minimum absolute atomic E-state index is 0.111. The first kappa shape index (κ1) is 17.6. The second kappa shape index (κ2) is 7.65. The molecule has 0 atom stereocenters. The number of rotatable bonds is 5. The number of ether oxygens (including phenoxy) is 1. The summed E-state index contributed by atoms with van der Waals surface area (Å²) < 4.78 is 5.61. The minimum atomic E-state index is -0.119. The van der Waals surface area contributed by atoms with Gasteiger partial charge in [-0.2, -0.15) is 5.26 Å². The Morgan fingerprint density at radius 3 is 2.25 bits per heavy atom. The standard InChI is InChI=1S/C20H22N2O2/c1-20(2,3)16-6-10-18(11-7-16)24-13-12-19(23)22-17-8-4-15(14-21)5-9-17/h4-11H,12-13H2,1-3H3,(H,22,23). The molecule has 4 heteroatoms. The average Bonchev–Trinajstić information content (AvgIpc) is 2.55. The van der Waals surface area contributed by atoms with Crippen LogP contribution in [-0.4, -0.2) is 12.5 Å². The third-order valence-electron chi connectivity index (χ3n) is 3.62.